The van der Waals surface area contributed by atoms with Crippen LogP contribution in [0.5, 0.6) is 0 Å². The van der Waals surface area contributed by atoms with Crippen molar-refractivity contribution in [2.24, 2.45) is 0 Å². The lowest BCUT2D eigenvalue weighted by Crippen LogP contribution is -2.42. The number of amides is 1. The fourth-order valence-corrected chi connectivity index (χ4v) is 1.54. The summed E-state index contributed by atoms with van der Waals surface area (Å²) in [6.07, 6.45) is 7.31. The molecule has 0 saturated carbocycles. The lowest BCUT2D eigenvalue weighted by molar-refractivity contribution is 0.0930. The average Bonchev–Trinajstić information content (AvgIpc) is 2.28. The number of benzene rings is 1. The quantitative estimate of drug-likeness (QED) is 0.642. The number of rotatable bonds is 3. The summed E-state index contributed by atoms with van der Waals surface area (Å²) in [6, 6.07) is 7.44. The van der Waals surface area contributed by atoms with Gasteiger partial charge < -0.3 is 5.32 Å². The monoisotopic (exact) mass is 233 g/mol. The van der Waals surface area contributed by atoms with Gasteiger partial charge in [-0.15, -0.1) is 18.2 Å². The molecule has 0 fully saturated rings. The molecule has 0 bridgehead atoms. The van der Waals surface area contributed by atoms with Crippen molar-refractivity contribution in [3.05, 3.63) is 29.8 Å². The van der Waals surface area contributed by atoms with E-state index >= 15 is 0 Å². The molecule has 1 amide bonds. The Morgan fingerprint density at radius 1 is 1.38 bits per heavy atom. The molecule has 0 atom stereocenters. The molecule has 0 unspecified atom stereocenters. The zero-order chi connectivity index (χ0) is 12.2. The van der Waals surface area contributed by atoms with Crippen LogP contribution in [-0.4, -0.2) is 17.7 Å². The molecule has 1 aromatic rings. The second-order valence-electron chi connectivity index (χ2n) is 3.95. The van der Waals surface area contributed by atoms with Crippen LogP contribution in [-0.2, 0) is 0 Å². The van der Waals surface area contributed by atoms with Gasteiger partial charge in [-0.05, 0) is 44.4 Å². The second kappa shape index (κ2) is 5.09. The standard InChI is InChI=1S/C13H15NOS/c1-5-13(2,3)14-12(15)10-6-8-11(16-4)9-7-10/h1,6-9H,2-4H3,(H,14,15). The number of hydrogen-bond donors (Lipinski definition) is 1. The van der Waals surface area contributed by atoms with E-state index in [-0.39, 0.29) is 5.91 Å². The summed E-state index contributed by atoms with van der Waals surface area (Å²) >= 11 is 1.64. The van der Waals surface area contributed by atoms with Gasteiger partial charge in [-0.2, -0.15) is 0 Å². The van der Waals surface area contributed by atoms with E-state index in [0.717, 1.165) is 4.90 Å². The number of carbonyl (C=O) groups excluding carboxylic acids is 1. The Kier molecular flexibility index (Phi) is 4.03. The van der Waals surface area contributed by atoms with E-state index in [1.54, 1.807) is 37.7 Å². The van der Waals surface area contributed by atoms with Gasteiger partial charge in [0.1, 0.15) is 0 Å². The van der Waals surface area contributed by atoms with Gasteiger partial charge in [0, 0.05) is 10.5 Å². The fraction of sp³-hybridized carbons (Fsp3) is 0.308. The minimum absolute atomic E-state index is 0.143. The van der Waals surface area contributed by atoms with Crippen molar-refractivity contribution in [1.82, 2.24) is 5.32 Å². The third-order valence-corrected chi connectivity index (χ3v) is 2.88. The molecule has 0 aliphatic rings. The third-order valence-electron chi connectivity index (χ3n) is 2.14. The predicted octanol–water partition coefficient (Wildman–Crippen LogP) is 2.55. The summed E-state index contributed by atoms with van der Waals surface area (Å²) in [5, 5.41) is 2.78. The van der Waals surface area contributed by atoms with Crippen molar-refractivity contribution in [2.45, 2.75) is 24.3 Å². The zero-order valence-electron chi connectivity index (χ0n) is 9.70. The van der Waals surface area contributed by atoms with Gasteiger partial charge in [0.2, 0.25) is 0 Å². The van der Waals surface area contributed by atoms with Gasteiger partial charge in [-0.1, -0.05) is 5.92 Å². The van der Waals surface area contributed by atoms with Crippen LogP contribution in [0.3, 0.4) is 0 Å². The van der Waals surface area contributed by atoms with Gasteiger partial charge in [-0.25, -0.2) is 0 Å². The van der Waals surface area contributed by atoms with Crippen molar-refractivity contribution in [3.8, 4) is 12.3 Å². The molecule has 0 radical (unpaired) electrons. The minimum atomic E-state index is -0.616. The Balaban J connectivity index is 2.78. The molecule has 0 heterocycles. The molecule has 0 saturated heterocycles. The molecule has 1 aromatic carbocycles. The summed E-state index contributed by atoms with van der Waals surface area (Å²) in [5.74, 6) is 2.39. The summed E-state index contributed by atoms with van der Waals surface area (Å²) in [4.78, 5) is 12.9. The van der Waals surface area contributed by atoms with E-state index in [4.69, 9.17) is 6.42 Å². The van der Waals surface area contributed by atoms with Crippen LogP contribution in [0.2, 0.25) is 0 Å². The largest absolute Gasteiger partial charge is 0.336 e. The minimum Gasteiger partial charge on any atom is -0.336 e. The fourth-order valence-electron chi connectivity index (χ4n) is 1.13. The first-order chi connectivity index (χ1) is 7.48. The number of hydrogen-bond acceptors (Lipinski definition) is 2. The molecule has 1 rings (SSSR count). The van der Waals surface area contributed by atoms with E-state index in [9.17, 15) is 4.79 Å². The maximum Gasteiger partial charge on any atom is 0.252 e. The van der Waals surface area contributed by atoms with Gasteiger partial charge in [0.15, 0.2) is 0 Å². The number of nitrogens with one attached hydrogen (secondary N) is 1. The molecule has 16 heavy (non-hydrogen) atoms. The third kappa shape index (κ3) is 3.32. The van der Waals surface area contributed by atoms with E-state index in [2.05, 4.69) is 11.2 Å². The molecule has 3 heteroatoms. The number of carbonyl (C=O) groups is 1. The highest BCUT2D eigenvalue weighted by Gasteiger charge is 2.17. The highest BCUT2D eigenvalue weighted by molar-refractivity contribution is 7.98. The maximum atomic E-state index is 11.8. The summed E-state index contributed by atoms with van der Waals surface area (Å²) < 4.78 is 0. The Hall–Kier alpha value is -1.40. The molecule has 0 aromatic heterocycles. The van der Waals surface area contributed by atoms with Gasteiger partial charge in [0.25, 0.3) is 5.91 Å². The first-order valence-corrected chi connectivity index (χ1v) is 6.15. The van der Waals surface area contributed by atoms with E-state index < -0.39 is 5.54 Å². The Labute approximate surface area is 101 Å². The normalized spacial score (nSPS) is 10.6. The van der Waals surface area contributed by atoms with Gasteiger partial charge in [0.05, 0.1) is 5.54 Å². The zero-order valence-corrected chi connectivity index (χ0v) is 10.5. The van der Waals surface area contributed by atoms with Crippen molar-refractivity contribution >= 4 is 17.7 Å². The van der Waals surface area contributed by atoms with Crippen LogP contribution < -0.4 is 5.32 Å². The van der Waals surface area contributed by atoms with Crippen molar-refractivity contribution < 1.29 is 4.79 Å². The predicted molar refractivity (Wildman–Crippen MR) is 68.6 cm³/mol. The van der Waals surface area contributed by atoms with Gasteiger partial charge >= 0.3 is 0 Å². The van der Waals surface area contributed by atoms with Crippen molar-refractivity contribution in [1.29, 1.82) is 0 Å². The molecule has 0 aliphatic heterocycles. The maximum absolute atomic E-state index is 11.8. The average molecular weight is 233 g/mol. The molecule has 1 N–H and O–H groups in total. The highest BCUT2D eigenvalue weighted by Crippen LogP contribution is 2.15. The van der Waals surface area contributed by atoms with Crippen molar-refractivity contribution in [2.75, 3.05) is 6.26 Å². The van der Waals surface area contributed by atoms with Crippen LogP contribution in [0.25, 0.3) is 0 Å². The first kappa shape index (κ1) is 12.7. The summed E-state index contributed by atoms with van der Waals surface area (Å²) in [7, 11) is 0. The molecular weight excluding hydrogens is 218 g/mol. The Morgan fingerprint density at radius 2 is 1.94 bits per heavy atom. The van der Waals surface area contributed by atoms with Crippen LogP contribution in [0.4, 0.5) is 0 Å². The topological polar surface area (TPSA) is 29.1 Å². The molecule has 84 valence electrons. The van der Waals surface area contributed by atoms with Crippen LogP contribution in [0, 0.1) is 12.3 Å². The van der Waals surface area contributed by atoms with Crippen LogP contribution in [0.1, 0.15) is 24.2 Å². The smallest absolute Gasteiger partial charge is 0.252 e. The van der Waals surface area contributed by atoms with E-state index in [1.165, 1.54) is 0 Å². The molecule has 0 aliphatic carbocycles. The summed E-state index contributed by atoms with van der Waals surface area (Å²) in [6.45, 7) is 3.59. The van der Waals surface area contributed by atoms with Crippen LogP contribution >= 0.6 is 11.8 Å². The molecule has 0 spiro atoms. The Morgan fingerprint density at radius 3 is 2.38 bits per heavy atom. The van der Waals surface area contributed by atoms with E-state index in [0.29, 0.717) is 5.56 Å². The van der Waals surface area contributed by atoms with Crippen molar-refractivity contribution in [3.63, 3.8) is 0 Å². The SMILES string of the molecule is C#CC(C)(C)NC(=O)c1ccc(SC)cc1. The molecule has 2 nitrogen and oxygen atoms in total. The Bertz CT molecular complexity index is 415. The van der Waals surface area contributed by atoms with E-state index in [1.807, 2.05) is 18.4 Å². The second-order valence-corrected chi connectivity index (χ2v) is 4.83. The molecular formula is C13H15NOS. The van der Waals surface area contributed by atoms with Gasteiger partial charge in [-0.3, -0.25) is 4.79 Å². The van der Waals surface area contributed by atoms with Crippen LogP contribution in [0.15, 0.2) is 29.2 Å². The number of terminal acetylenes is 1. The lowest BCUT2D eigenvalue weighted by Gasteiger charge is -2.19. The number of thioether (sulfide) groups is 1. The lowest BCUT2D eigenvalue weighted by atomic mass is 10.1. The first-order valence-electron chi connectivity index (χ1n) is 4.93. The highest BCUT2D eigenvalue weighted by atomic mass is 32.2. The summed E-state index contributed by atoms with van der Waals surface area (Å²) in [5.41, 5.74) is 0.0102.